The van der Waals surface area contributed by atoms with Gasteiger partial charge in [0.05, 0.1) is 6.61 Å². The van der Waals surface area contributed by atoms with Crippen LogP contribution in [0.1, 0.15) is 37.3 Å². The second-order valence-electron chi connectivity index (χ2n) is 6.43. The maximum absolute atomic E-state index is 11.2. The monoisotopic (exact) mass is 346 g/mol. The number of nitrogens with zero attached hydrogens (tertiary/aromatic N) is 2. The molecule has 1 unspecified atom stereocenters. The van der Waals surface area contributed by atoms with Crippen molar-refractivity contribution in [2.45, 2.75) is 39.3 Å². The van der Waals surface area contributed by atoms with E-state index in [1.165, 1.54) is 11.1 Å². The van der Waals surface area contributed by atoms with Crippen LogP contribution in [0.3, 0.4) is 0 Å². The van der Waals surface area contributed by atoms with Crippen LogP contribution in [-0.2, 0) is 22.7 Å². The van der Waals surface area contributed by atoms with Crippen molar-refractivity contribution in [1.29, 1.82) is 0 Å². The Kier molecular flexibility index (Phi) is 7.73. The first-order valence-electron chi connectivity index (χ1n) is 9.02. The van der Waals surface area contributed by atoms with E-state index in [1.807, 2.05) is 19.1 Å². The zero-order valence-corrected chi connectivity index (χ0v) is 15.3. The van der Waals surface area contributed by atoms with Crippen molar-refractivity contribution in [2.75, 3.05) is 26.7 Å². The lowest BCUT2D eigenvalue weighted by Gasteiger charge is -2.34. The van der Waals surface area contributed by atoms with Gasteiger partial charge in [-0.1, -0.05) is 24.3 Å². The maximum atomic E-state index is 11.2. The Balaban J connectivity index is 1.95. The number of likely N-dealkylation sites (tertiary alicyclic amines) is 1. The van der Waals surface area contributed by atoms with Crippen molar-refractivity contribution in [3.63, 3.8) is 0 Å². The number of hydrogen-bond acceptors (Lipinski definition) is 3. The van der Waals surface area contributed by atoms with Gasteiger partial charge in [-0.2, -0.15) is 0 Å². The fourth-order valence-electron chi connectivity index (χ4n) is 3.30. The molecule has 138 valence electrons. The number of primary amides is 1. The van der Waals surface area contributed by atoms with Crippen molar-refractivity contribution in [2.24, 2.45) is 16.6 Å². The predicted molar refractivity (Wildman–Crippen MR) is 100 cm³/mol. The van der Waals surface area contributed by atoms with Crippen LogP contribution >= 0.6 is 0 Å². The van der Waals surface area contributed by atoms with Crippen molar-refractivity contribution in [1.82, 2.24) is 10.2 Å². The van der Waals surface area contributed by atoms with Gasteiger partial charge in [-0.3, -0.25) is 9.79 Å². The number of hydrogen-bond donors (Lipinski definition) is 2. The summed E-state index contributed by atoms with van der Waals surface area (Å²) in [6, 6.07) is 8.28. The number of carbonyl (C=O) groups excluding carboxylic acids is 1. The molecule has 1 aliphatic heterocycles. The summed E-state index contributed by atoms with van der Waals surface area (Å²) in [6.07, 6.45) is 2.55. The van der Waals surface area contributed by atoms with Gasteiger partial charge in [0.15, 0.2) is 5.96 Å². The quantitative estimate of drug-likeness (QED) is 0.584. The number of nitrogens with two attached hydrogens (primary N) is 1. The van der Waals surface area contributed by atoms with Crippen molar-refractivity contribution in [3.05, 3.63) is 35.4 Å². The van der Waals surface area contributed by atoms with Crippen molar-refractivity contribution in [3.8, 4) is 0 Å². The molecule has 1 fully saturated rings. The Morgan fingerprint density at radius 3 is 2.84 bits per heavy atom. The highest BCUT2D eigenvalue weighted by Gasteiger charge is 2.23. The molecule has 0 saturated carbocycles. The summed E-state index contributed by atoms with van der Waals surface area (Å²) in [5, 5.41) is 3.45. The molecule has 1 aromatic rings. The number of guanidine groups is 1. The maximum Gasteiger partial charge on any atom is 0.217 e. The van der Waals surface area contributed by atoms with Crippen LogP contribution in [0.2, 0.25) is 0 Å². The van der Waals surface area contributed by atoms with Gasteiger partial charge in [0, 0.05) is 39.7 Å². The van der Waals surface area contributed by atoms with E-state index in [4.69, 9.17) is 10.5 Å². The molecule has 6 nitrogen and oxygen atoms in total. The van der Waals surface area contributed by atoms with Crippen LogP contribution < -0.4 is 11.1 Å². The van der Waals surface area contributed by atoms with Crippen LogP contribution in [0, 0.1) is 5.92 Å². The molecule has 2 rings (SSSR count). The normalized spacial score (nSPS) is 18.2. The number of benzene rings is 1. The fraction of sp³-hybridized carbons (Fsp3) is 0.579. The lowest BCUT2D eigenvalue weighted by molar-refractivity contribution is -0.119. The Bertz CT molecular complexity index is 589. The molecule has 1 aliphatic rings. The summed E-state index contributed by atoms with van der Waals surface area (Å²) in [7, 11) is 1.80. The van der Waals surface area contributed by atoms with Crippen molar-refractivity contribution < 1.29 is 9.53 Å². The first-order chi connectivity index (χ1) is 12.1. The molecule has 0 aromatic heterocycles. The van der Waals surface area contributed by atoms with E-state index in [0.717, 1.165) is 31.9 Å². The zero-order valence-electron chi connectivity index (χ0n) is 15.3. The number of aliphatic imine (C=N–C) groups is 1. The number of amides is 1. The average molecular weight is 346 g/mol. The largest absolute Gasteiger partial charge is 0.377 e. The van der Waals surface area contributed by atoms with E-state index in [2.05, 4.69) is 27.3 Å². The van der Waals surface area contributed by atoms with Crippen LogP contribution in [0.25, 0.3) is 0 Å². The molecule has 1 atom stereocenters. The minimum atomic E-state index is -0.223. The second kappa shape index (κ2) is 10.0. The third-order valence-corrected chi connectivity index (χ3v) is 4.54. The molecule has 1 aromatic carbocycles. The molecule has 3 N–H and O–H groups in total. The van der Waals surface area contributed by atoms with Crippen LogP contribution in [-0.4, -0.2) is 43.5 Å². The zero-order chi connectivity index (χ0) is 18.1. The molecule has 1 heterocycles. The van der Waals surface area contributed by atoms with Crippen LogP contribution in [0.4, 0.5) is 0 Å². The topological polar surface area (TPSA) is 79.9 Å². The Labute approximate surface area is 150 Å². The Morgan fingerprint density at radius 2 is 2.16 bits per heavy atom. The fourth-order valence-corrected chi connectivity index (χ4v) is 3.30. The summed E-state index contributed by atoms with van der Waals surface area (Å²) in [5.74, 6) is 0.968. The molecule has 1 amide bonds. The van der Waals surface area contributed by atoms with E-state index in [0.29, 0.717) is 32.1 Å². The van der Waals surface area contributed by atoms with Gasteiger partial charge in [0.2, 0.25) is 5.91 Å². The van der Waals surface area contributed by atoms with Gasteiger partial charge in [-0.15, -0.1) is 0 Å². The molecule has 25 heavy (non-hydrogen) atoms. The van der Waals surface area contributed by atoms with E-state index in [9.17, 15) is 4.79 Å². The van der Waals surface area contributed by atoms with Crippen LogP contribution in [0.15, 0.2) is 29.3 Å². The van der Waals surface area contributed by atoms with Gasteiger partial charge in [0.25, 0.3) is 0 Å². The molecule has 0 radical (unpaired) electrons. The highest BCUT2D eigenvalue weighted by Crippen LogP contribution is 2.19. The van der Waals surface area contributed by atoms with E-state index in [-0.39, 0.29) is 5.91 Å². The Hall–Kier alpha value is -2.08. The van der Waals surface area contributed by atoms with Gasteiger partial charge >= 0.3 is 0 Å². The van der Waals surface area contributed by atoms with Crippen LogP contribution in [0.5, 0.6) is 0 Å². The average Bonchev–Trinajstić information content (AvgIpc) is 2.61. The first-order valence-corrected chi connectivity index (χ1v) is 9.02. The lowest BCUT2D eigenvalue weighted by atomic mass is 9.95. The molecular weight excluding hydrogens is 316 g/mol. The molecule has 1 saturated heterocycles. The summed E-state index contributed by atoms with van der Waals surface area (Å²) in [5.41, 5.74) is 7.76. The minimum Gasteiger partial charge on any atom is -0.377 e. The highest BCUT2D eigenvalue weighted by atomic mass is 16.5. The van der Waals surface area contributed by atoms with Gasteiger partial charge in [0.1, 0.15) is 0 Å². The molecule has 0 bridgehead atoms. The standard InChI is InChI=1S/C19H30N4O2/c1-3-25-14-17-9-5-4-8-16(17)12-22-19(21-2)23-10-6-7-15(13-23)11-18(20)24/h4-5,8-9,15H,3,6-7,10-14H2,1-2H3,(H2,20,24)(H,21,22). The number of carbonyl (C=O) groups is 1. The first kappa shape index (κ1) is 19.2. The third-order valence-electron chi connectivity index (χ3n) is 4.54. The molecular formula is C19H30N4O2. The second-order valence-corrected chi connectivity index (χ2v) is 6.43. The van der Waals surface area contributed by atoms with E-state index >= 15 is 0 Å². The molecule has 0 spiro atoms. The van der Waals surface area contributed by atoms with Gasteiger partial charge in [-0.25, -0.2) is 0 Å². The number of rotatable bonds is 7. The molecule has 0 aliphatic carbocycles. The highest BCUT2D eigenvalue weighted by molar-refractivity contribution is 5.80. The smallest absolute Gasteiger partial charge is 0.217 e. The number of nitrogens with one attached hydrogen (secondary N) is 1. The minimum absolute atomic E-state index is 0.223. The number of ether oxygens (including phenoxy) is 1. The Morgan fingerprint density at radius 1 is 1.40 bits per heavy atom. The SMILES string of the molecule is CCOCc1ccccc1CNC(=NC)N1CCCC(CC(N)=O)C1. The summed E-state index contributed by atoms with van der Waals surface area (Å²) >= 11 is 0. The molecule has 6 heteroatoms. The van der Waals surface area contributed by atoms with Gasteiger partial charge < -0.3 is 20.7 Å². The third kappa shape index (κ3) is 6.05. The lowest BCUT2D eigenvalue weighted by Crippen LogP contribution is -2.47. The van der Waals surface area contributed by atoms with E-state index in [1.54, 1.807) is 7.05 Å². The number of piperidine rings is 1. The van der Waals surface area contributed by atoms with E-state index < -0.39 is 0 Å². The van der Waals surface area contributed by atoms with Gasteiger partial charge in [-0.05, 0) is 36.8 Å². The predicted octanol–water partition coefficient (Wildman–Crippen LogP) is 1.89. The summed E-state index contributed by atoms with van der Waals surface area (Å²) in [4.78, 5) is 17.8. The summed E-state index contributed by atoms with van der Waals surface area (Å²) < 4.78 is 5.55. The summed E-state index contributed by atoms with van der Waals surface area (Å²) in [6.45, 7) is 5.81. The van der Waals surface area contributed by atoms with Crippen molar-refractivity contribution >= 4 is 11.9 Å².